The third-order valence-electron chi connectivity index (χ3n) is 4.16. The molecule has 0 bridgehead atoms. The number of carboxylic acid groups (broad SMARTS) is 1. The van der Waals surface area contributed by atoms with Crippen molar-refractivity contribution in [1.82, 2.24) is 14.8 Å². The van der Waals surface area contributed by atoms with E-state index in [0.29, 0.717) is 22.5 Å². The normalized spacial score (nSPS) is 10.8. The number of nitrogens with zero attached hydrogens (tertiary/aromatic N) is 3. The quantitative estimate of drug-likeness (QED) is 0.517. The lowest BCUT2D eigenvalue weighted by molar-refractivity contribution is -0.136. The minimum Gasteiger partial charge on any atom is -0.481 e. The maximum absolute atomic E-state index is 10.8. The molecule has 146 valence electrons. The van der Waals surface area contributed by atoms with Crippen LogP contribution in [0.3, 0.4) is 0 Å². The van der Waals surface area contributed by atoms with Crippen LogP contribution < -0.4 is 5.32 Å². The van der Waals surface area contributed by atoms with Gasteiger partial charge in [-0.15, -0.1) is 10.2 Å². The van der Waals surface area contributed by atoms with Gasteiger partial charge in [0, 0.05) is 22.2 Å². The molecule has 0 spiro atoms. The largest absolute Gasteiger partial charge is 0.481 e. The Morgan fingerprint density at radius 1 is 1.18 bits per heavy atom. The van der Waals surface area contributed by atoms with Crippen molar-refractivity contribution in [3.8, 4) is 5.69 Å². The van der Waals surface area contributed by atoms with Crippen LogP contribution in [0.4, 0.5) is 5.69 Å². The second-order valence-electron chi connectivity index (χ2n) is 6.38. The smallest absolute Gasteiger partial charge is 0.304 e. The molecule has 8 heteroatoms. The van der Waals surface area contributed by atoms with Crippen LogP contribution in [-0.4, -0.2) is 31.6 Å². The van der Waals surface area contributed by atoms with Crippen LogP contribution in [0.2, 0.25) is 5.02 Å². The first kappa shape index (κ1) is 20.2. The summed E-state index contributed by atoms with van der Waals surface area (Å²) in [7, 11) is 0. The Labute approximate surface area is 172 Å². The third kappa shape index (κ3) is 5.05. The molecule has 0 amide bonds. The second kappa shape index (κ2) is 9.12. The maximum Gasteiger partial charge on any atom is 0.304 e. The highest BCUT2D eigenvalue weighted by Gasteiger charge is 2.15. The van der Waals surface area contributed by atoms with Crippen molar-refractivity contribution in [1.29, 1.82) is 0 Å². The van der Waals surface area contributed by atoms with Crippen molar-refractivity contribution in [3.63, 3.8) is 0 Å². The molecule has 2 aromatic carbocycles. The summed E-state index contributed by atoms with van der Waals surface area (Å²) in [5.74, 6) is 0.339. The van der Waals surface area contributed by atoms with E-state index in [1.807, 2.05) is 60.9 Å². The molecule has 3 aromatic rings. The van der Waals surface area contributed by atoms with E-state index in [9.17, 15) is 4.79 Å². The molecule has 1 heterocycles. The Morgan fingerprint density at radius 2 is 1.93 bits per heavy atom. The number of rotatable bonds is 8. The van der Waals surface area contributed by atoms with Gasteiger partial charge in [0.25, 0.3) is 0 Å². The summed E-state index contributed by atoms with van der Waals surface area (Å²) < 4.78 is 1.95. The van der Waals surface area contributed by atoms with E-state index >= 15 is 0 Å². The molecule has 0 radical (unpaired) electrons. The monoisotopic (exact) mass is 416 g/mol. The van der Waals surface area contributed by atoms with Gasteiger partial charge in [-0.25, -0.2) is 0 Å². The lowest BCUT2D eigenvalue weighted by atomic mass is 10.2. The first-order chi connectivity index (χ1) is 13.4. The van der Waals surface area contributed by atoms with Crippen molar-refractivity contribution in [3.05, 3.63) is 64.4 Å². The summed E-state index contributed by atoms with van der Waals surface area (Å²) >= 11 is 7.58. The fraction of sp³-hybridized carbons (Fsp3) is 0.250. The Morgan fingerprint density at radius 3 is 2.61 bits per heavy atom. The number of carboxylic acids is 1. The first-order valence-corrected chi connectivity index (χ1v) is 10.2. The number of aliphatic carboxylic acids is 1. The number of thioether (sulfide) groups is 1. The highest BCUT2D eigenvalue weighted by atomic mass is 35.5. The summed E-state index contributed by atoms with van der Waals surface area (Å²) in [5.41, 5.74) is 4.01. The number of carbonyl (C=O) groups is 1. The molecular weight excluding hydrogens is 396 g/mol. The van der Waals surface area contributed by atoms with E-state index in [-0.39, 0.29) is 6.42 Å². The molecule has 1 aromatic heterocycles. The van der Waals surface area contributed by atoms with E-state index in [2.05, 4.69) is 15.5 Å². The zero-order valence-corrected chi connectivity index (χ0v) is 17.2. The summed E-state index contributed by atoms with van der Waals surface area (Å²) in [5, 5.41) is 22.2. The van der Waals surface area contributed by atoms with E-state index in [4.69, 9.17) is 16.7 Å². The zero-order chi connectivity index (χ0) is 20.1. The van der Waals surface area contributed by atoms with Gasteiger partial charge in [0.15, 0.2) is 11.0 Å². The third-order valence-corrected chi connectivity index (χ3v) is 5.50. The van der Waals surface area contributed by atoms with Crippen LogP contribution in [0.25, 0.3) is 5.69 Å². The number of halogens is 1. The number of aryl methyl sites for hydroxylation is 2. The number of hydrogen-bond donors (Lipinski definition) is 2. The molecule has 3 rings (SSSR count). The van der Waals surface area contributed by atoms with Crippen molar-refractivity contribution in [2.75, 3.05) is 11.1 Å². The van der Waals surface area contributed by atoms with Crippen LogP contribution in [0.15, 0.2) is 47.6 Å². The van der Waals surface area contributed by atoms with Crippen molar-refractivity contribution >= 4 is 35.0 Å². The number of anilines is 1. The molecule has 6 nitrogen and oxygen atoms in total. The van der Waals surface area contributed by atoms with Crippen molar-refractivity contribution in [2.24, 2.45) is 0 Å². The lowest BCUT2D eigenvalue weighted by Crippen LogP contribution is -2.09. The highest BCUT2D eigenvalue weighted by molar-refractivity contribution is 7.99. The van der Waals surface area contributed by atoms with Crippen LogP contribution in [0, 0.1) is 13.8 Å². The lowest BCUT2D eigenvalue weighted by Gasteiger charge is -2.12. The molecule has 28 heavy (non-hydrogen) atoms. The molecule has 2 N–H and O–H groups in total. The Kier molecular flexibility index (Phi) is 6.59. The first-order valence-electron chi connectivity index (χ1n) is 8.80. The van der Waals surface area contributed by atoms with Gasteiger partial charge in [0.1, 0.15) is 0 Å². The predicted molar refractivity (Wildman–Crippen MR) is 113 cm³/mol. The molecule has 0 fully saturated rings. The molecular formula is C20H21ClN4O2S. The Hall–Kier alpha value is -2.51. The predicted octanol–water partition coefficient (Wildman–Crippen LogP) is 4.72. The van der Waals surface area contributed by atoms with E-state index in [1.54, 1.807) is 0 Å². The number of nitrogens with one attached hydrogen (secondary N) is 1. The SMILES string of the molecule is Cc1ccc(-n2c(CNc3ccc(C)c(Cl)c3)nnc2SCCC(=O)O)cc1. The average Bonchev–Trinajstić information content (AvgIpc) is 3.06. The van der Waals surface area contributed by atoms with Gasteiger partial charge in [-0.1, -0.05) is 47.1 Å². The summed E-state index contributed by atoms with van der Waals surface area (Å²) in [4.78, 5) is 10.8. The number of aromatic nitrogens is 3. The van der Waals surface area contributed by atoms with E-state index in [1.165, 1.54) is 11.8 Å². The van der Waals surface area contributed by atoms with Gasteiger partial charge < -0.3 is 10.4 Å². The van der Waals surface area contributed by atoms with Crippen LogP contribution >= 0.6 is 23.4 Å². The maximum atomic E-state index is 10.8. The van der Waals surface area contributed by atoms with Gasteiger partial charge >= 0.3 is 5.97 Å². The molecule has 0 atom stereocenters. The second-order valence-corrected chi connectivity index (χ2v) is 7.85. The summed E-state index contributed by atoms with van der Waals surface area (Å²) in [6, 6.07) is 13.9. The van der Waals surface area contributed by atoms with Gasteiger partial charge in [-0.3, -0.25) is 9.36 Å². The Balaban J connectivity index is 1.84. The minimum absolute atomic E-state index is 0.0703. The molecule has 0 aliphatic carbocycles. The zero-order valence-electron chi connectivity index (χ0n) is 15.6. The fourth-order valence-corrected chi connectivity index (χ4v) is 3.65. The van der Waals surface area contributed by atoms with Crippen LogP contribution in [0.5, 0.6) is 0 Å². The molecule has 0 unspecified atom stereocenters. The van der Waals surface area contributed by atoms with Gasteiger partial charge in [-0.05, 0) is 43.7 Å². The summed E-state index contributed by atoms with van der Waals surface area (Å²) in [6.07, 6.45) is 0.0703. The minimum atomic E-state index is -0.827. The topological polar surface area (TPSA) is 80.0 Å². The van der Waals surface area contributed by atoms with Gasteiger partial charge in [0.2, 0.25) is 0 Å². The molecule has 0 aliphatic rings. The van der Waals surface area contributed by atoms with E-state index in [0.717, 1.165) is 28.3 Å². The molecule has 0 saturated carbocycles. The summed E-state index contributed by atoms with van der Waals surface area (Å²) in [6.45, 7) is 4.45. The molecule has 0 saturated heterocycles. The standard InChI is InChI=1S/C20H21ClN4O2S/c1-13-3-7-16(8-4-13)25-18(23-24-20(25)28-10-9-19(26)27)12-22-15-6-5-14(2)17(21)11-15/h3-8,11,22H,9-10,12H2,1-2H3,(H,26,27). The van der Waals surface area contributed by atoms with Gasteiger partial charge in [-0.2, -0.15) is 0 Å². The van der Waals surface area contributed by atoms with Crippen molar-refractivity contribution < 1.29 is 9.90 Å². The number of hydrogen-bond acceptors (Lipinski definition) is 5. The van der Waals surface area contributed by atoms with Crippen LogP contribution in [-0.2, 0) is 11.3 Å². The van der Waals surface area contributed by atoms with Crippen LogP contribution in [0.1, 0.15) is 23.4 Å². The molecule has 0 aliphatic heterocycles. The Bertz CT molecular complexity index is 973. The number of benzene rings is 2. The average molecular weight is 417 g/mol. The highest BCUT2D eigenvalue weighted by Crippen LogP contribution is 2.24. The van der Waals surface area contributed by atoms with E-state index < -0.39 is 5.97 Å². The van der Waals surface area contributed by atoms with Gasteiger partial charge in [0.05, 0.1) is 13.0 Å². The van der Waals surface area contributed by atoms with Crippen molar-refractivity contribution in [2.45, 2.75) is 32.0 Å². The fourth-order valence-electron chi connectivity index (χ4n) is 2.58.